The highest BCUT2D eigenvalue weighted by Crippen LogP contribution is 2.27. The van der Waals surface area contributed by atoms with Crippen LogP contribution in [0.15, 0.2) is 42.5 Å². The molecule has 14 nitrogen and oxygen atoms in total. The molecule has 0 saturated heterocycles. The molecule has 0 saturated carbocycles. The van der Waals surface area contributed by atoms with Crippen molar-refractivity contribution in [3.8, 4) is 0 Å². The Hall–Kier alpha value is -5.79. The number of anilines is 2. The van der Waals surface area contributed by atoms with Gasteiger partial charge in [0.1, 0.15) is 11.4 Å². The first-order chi connectivity index (χ1) is 23.5. The first kappa shape index (κ1) is 33.1. The standard InChI is InChI=1S/C35H41N11O3/c1-7-45-28(17-22(5)41-45)32(48)39-34-37-25-19-24(31(36)47)11-12-27(25)43(34)13-9-10-14-44-30-21(4)15-20(3)16-26(30)38-35(44)40-33(49)29-18-23(6)42-46(29)8-2/h11-12,15-19H,7-10,13-14H2,1-6H3,(H2,36,47)(H,37,39,48)(H,38,40,49). The van der Waals surface area contributed by atoms with Crippen molar-refractivity contribution in [3.63, 3.8) is 0 Å². The second-order valence-electron chi connectivity index (χ2n) is 12.3. The normalized spacial score (nSPS) is 11.5. The number of rotatable bonds is 12. The molecule has 0 unspecified atom stereocenters. The van der Waals surface area contributed by atoms with Crippen molar-refractivity contribution in [1.29, 1.82) is 0 Å². The molecule has 4 heterocycles. The Balaban J connectivity index is 1.27. The number of aryl methyl sites for hydroxylation is 8. The summed E-state index contributed by atoms with van der Waals surface area (Å²) in [5.74, 6) is -0.325. The number of carbonyl (C=O) groups is 3. The summed E-state index contributed by atoms with van der Waals surface area (Å²) < 4.78 is 7.33. The number of nitrogens with two attached hydrogens (primary N) is 1. The first-order valence-electron chi connectivity index (χ1n) is 16.5. The zero-order valence-corrected chi connectivity index (χ0v) is 28.7. The van der Waals surface area contributed by atoms with Gasteiger partial charge in [0.15, 0.2) is 0 Å². The Bertz CT molecular complexity index is 2230. The average Bonchev–Trinajstić information content (AvgIpc) is 3.81. The summed E-state index contributed by atoms with van der Waals surface area (Å²) in [6, 6.07) is 12.7. The number of fused-ring (bicyclic) bond motifs is 2. The zero-order valence-electron chi connectivity index (χ0n) is 28.7. The van der Waals surface area contributed by atoms with Crippen molar-refractivity contribution in [1.82, 2.24) is 38.7 Å². The maximum atomic E-state index is 13.4. The van der Waals surface area contributed by atoms with Crippen molar-refractivity contribution in [2.75, 3.05) is 10.6 Å². The number of carbonyl (C=O) groups excluding carboxylic acids is 3. The predicted octanol–water partition coefficient (Wildman–Crippen LogP) is 5.14. The lowest BCUT2D eigenvalue weighted by Gasteiger charge is -2.13. The molecule has 6 rings (SSSR count). The van der Waals surface area contributed by atoms with Crippen LogP contribution in [-0.4, -0.2) is 56.4 Å². The number of hydrogen-bond donors (Lipinski definition) is 3. The third kappa shape index (κ3) is 6.53. The molecule has 0 aliphatic rings. The minimum Gasteiger partial charge on any atom is -0.366 e. The fourth-order valence-corrected chi connectivity index (χ4v) is 6.38. The van der Waals surface area contributed by atoms with Crippen LogP contribution in [0, 0.1) is 27.7 Å². The zero-order chi connectivity index (χ0) is 35.0. The van der Waals surface area contributed by atoms with E-state index in [-0.39, 0.29) is 11.8 Å². The van der Waals surface area contributed by atoms with E-state index in [0.29, 0.717) is 67.0 Å². The highest BCUT2D eigenvalue weighted by molar-refractivity contribution is 6.04. The smallest absolute Gasteiger partial charge is 0.276 e. The molecule has 0 fully saturated rings. The molecular formula is C35H41N11O3. The molecule has 14 heteroatoms. The van der Waals surface area contributed by atoms with E-state index in [2.05, 4.69) is 36.4 Å². The summed E-state index contributed by atoms with van der Waals surface area (Å²) in [5, 5.41) is 14.8. The number of primary amides is 1. The molecule has 2 aromatic carbocycles. The molecular weight excluding hydrogens is 622 g/mol. The van der Waals surface area contributed by atoms with Crippen LogP contribution in [0.4, 0.5) is 11.9 Å². The summed E-state index contributed by atoms with van der Waals surface area (Å²) in [7, 11) is 0. The molecule has 3 amide bonds. The number of imidazole rings is 2. The number of unbranched alkanes of at least 4 members (excludes halogenated alkanes) is 1. The van der Waals surface area contributed by atoms with E-state index in [9.17, 15) is 14.4 Å². The monoisotopic (exact) mass is 663 g/mol. The highest BCUT2D eigenvalue weighted by Gasteiger charge is 2.21. The van der Waals surface area contributed by atoms with Gasteiger partial charge in [-0.2, -0.15) is 10.2 Å². The van der Waals surface area contributed by atoms with Gasteiger partial charge in [0.05, 0.1) is 33.5 Å². The number of nitrogens with one attached hydrogen (secondary N) is 2. The maximum absolute atomic E-state index is 13.4. The Morgan fingerprint density at radius 2 is 1.27 bits per heavy atom. The van der Waals surface area contributed by atoms with Gasteiger partial charge >= 0.3 is 0 Å². The number of aromatic nitrogens is 8. The van der Waals surface area contributed by atoms with Gasteiger partial charge in [-0.25, -0.2) is 9.97 Å². The Labute approximate surface area is 283 Å². The summed E-state index contributed by atoms with van der Waals surface area (Å²) in [4.78, 5) is 48.3. The third-order valence-corrected chi connectivity index (χ3v) is 8.54. The van der Waals surface area contributed by atoms with Crippen LogP contribution < -0.4 is 16.4 Å². The lowest BCUT2D eigenvalue weighted by molar-refractivity contribution is 0.0995. The summed E-state index contributed by atoms with van der Waals surface area (Å²) in [6.45, 7) is 13.9. The molecule has 0 aliphatic carbocycles. The van der Waals surface area contributed by atoms with Crippen molar-refractivity contribution < 1.29 is 14.4 Å². The lowest BCUT2D eigenvalue weighted by Crippen LogP contribution is -2.20. The van der Waals surface area contributed by atoms with Crippen LogP contribution in [0.2, 0.25) is 0 Å². The largest absolute Gasteiger partial charge is 0.366 e. The van der Waals surface area contributed by atoms with Crippen LogP contribution in [0.1, 0.15) is 80.5 Å². The molecule has 254 valence electrons. The molecule has 0 radical (unpaired) electrons. The van der Waals surface area contributed by atoms with E-state index in [1.807, 2.05) is 52.2 Å². The van der Waals surface area contributed by atoms with E-state index < -0.39 is 5.91 Å². The molecule has 4 aromatic heterocycles. The highest BCUT2D eigenvalue weighted by atomic mass is 16.2. The van der Waals surface area contributed by atoms with Crippen LogP contribution in [0.5, 0.6) is 0 Å². The maximum Gasteiger partial charge on any atom is 0.276 e. The minimum atomic E-state index is -0.556. The number of hydrogen-bond acceptors (Lipinski definition) is 7. The van der Waals surface area contributed by atoms with Crippen molar-refractivity contribution in [2.45, 2.75) is 80.6 Å². The number of benzene rings is 2. The van der Waals surface area contributed by atoms with Crippen molar-refractivity contribution >= 4 is 51.7 Å². The molecule has 0 spiro atoms. The Morgan fingerprint density at radius 1 is 0.714 bits per heavy atom. The van der Waals surface area contributed by atoms with Gasteiger partial charge in [-0.05, 0) is 102 Å². The minimum absolute atomic E-state index is 0.270. The van der Waals surface area contributed by atoms with Gasteiger partial charge in [-0.3, -0.25) is 34.4 Å². The van der Waals surface area contributed by atoms with Gasteiger partial charge < -0.3 is 14.9 Å². The Kier molecular flexibility index (Phi) is 9.04. The SMILES string of the molecule is CCn1nc(C)cc1C(=O)Nc1nc2cc(C(N)=O)ccc2n1CCCCn1c(NC(=O)c2cc(C)nn2CC)nc2cc(C)cc(C)c21. The van der Waals surface area contributed by atoms with Crippen molar-refractivity contribution in [3.05, 3.63) is 81.9 Å². The molecule has 0 bridgehead atoms. The molecule has 4 N–H and O–H groups in total. The van der Waals surface area contributed by atoms with E-state index in [4.69, 9.17) is 10.7 Å². The lowest BCUT2D eigenvalue weighted by atomic mass is 10.1. The van der Waals surface area contributed by atoms with E-state index in [1.54, 1.807) is 39.7 Å². The first-order valence-corrected chi connectivity index (χ1v) is 16.5. The summed E-state index contributed by atoms with van der Waals surface area (Å²) in [5.41, 5.74) is 13.5. The quantitative estimate of drug-likeness (QED) is 0.152. The topological polar surface area (TPSA) is 173 Å². The van der Waals surface area contributed by atoms with Gasteiger partial charge in [-0.15, -0.1) is 0 Å². The van der Waals surface area contributed by atoms with E-state index in [1.165, 1.54) is 0 Å². The third-order valence-electron chi connectivity index (χ3n) is 8.54. The second kappa shape index (κ2) is 13.4. The van der Waals surface area contributed by atoms with Gasteiger partial charge in [0, 0.05) is 31.7 Å². The molecule has 0 aliphatic heterocycles. The van der Waals surface area contributed by atoms with Crippen LogP contribution >= 0.6 is 0 Å². The molecule has 0 atom stereocenters. The summed E-state index contributed by atoms with van der Waals surface area (Å²) in [6.07, 6.45) is 1.43. The second-order valence-corrected chi connectivity index (χ2v) is 12.3. The molecule has 49 heavy (non-hydrogen) atoms. The Morgan fingerprint density at radius 3 is 1.84 bits per heavy atom. The molecule has 6 aromatic rings. The van der Waals surface area contributed by atoms with E-state index >= 15 is 0 Å². The van der Waals surface area contributed by atoms with Crippen LogP contribution in [0.3, 0.4) is 0 Å². The predicted molar refractivity (Wildman–Crippen MR) is 188 cm³/mol. The van der Waals surface area contributed by atoms with Crippen LogP contribution in [-0.2, 0) is 26.2 Å². The van der Waals surface area contributed by atoms with E-state index in [0.717, 1.165) is 45.5 Å². The van der Waals surface area contributed by atoms with Gasteiger partial charge in [0.2, 0.25) is 17.8 Å². The fraction of sp³-hybridized carbons (Fsp3) is 0.343. The van der Waals surface area contributed by atoms with Gasteiger partial charge in [0.25, 0.3) is 11.8 Å². The number of nitrogens with zero attached hydrogens (tertiary/aromatic N) is 8. The average molecular weight is 664 g/mol. The van der Waals surface area contributed by atoms with Crippen LogP contribution in [0.25, 0.3) is 22.1 Å². The van der Waals surface area contributed by atoms with Gasteiger partial charge in [-0.1, -0.05) is 6.07 Å². The fourth-order valence-electron chi connectivity index (χ4n) is 6.38. The summed E-state index contributed by atoms with van der Waals surface area (Å²) >= 11 is 0. The number of amides is 3. The van der Waals surface area contributed by atoms with Crippen molar-refractivity contribution in [2.24, 2.45) is 5.73 Å².